The van der Waals surface area contributed by atoms with Crippen LogP contribution in [0.1, 0.15) is 50.3 Å². The number of piperidine rings is 1. The summed E-state index contributed by atoms with van der Waals surface area (Å²) in [6.45, 7) is 9.31. The number of nitrogens with zero attached hydrogens (tertiary/aromatic N) is 2. The summed E-state index contributed by atoms with van der Waals surface area (Å²) in [5.74, 6) is 0.558. The molecular weight excluding hydrogens is 340 g/mol. The van der Waals surface area contributed by atoms with E-state index in [1.165, 1.54) is 16.7 Å². The van der Waals surface area contributed by atoms with Gasteiger partial charge in [0.25, 0.3) is 0 Å². The highest BCUT2D eigenvalue weighted by molar-refractivity contribution is 5.24. The van der Waals surface area contributed by atoms with Crippen molar-refractivity contribution < 1.29 is 0 Å². The largest absolute Gasteiger partial charge is 0.295 e. The van der Waals surface area contributed by atoms with Crippen molar-refractivity contribution in [1.82, 2.24) is 4.90 Å². The molecule has 1 radical (unpaired) electrons. The van der Waals surface area contributed by atoms with Crippen LogP contribution >= 0.6 is 0 Å². The van der Waals surface area contributed by atoms with Gasteiger partial charge in [0.05, 0.1) is 6.07 Å². The maximum Gasteiger partial charge on any atom is 0.0625 e. The highest BCUT2D eigenvalue weighted by Crippen LogP contribution is 2.38. The van der Waals surface area contributed by atoms with Crippen molar-refractivity contribution in [2.45, 2.75) is 59.0 Å². The summed E-state index contributed by atoms with van der Waals surface area (Å²) in [7, 11) is 0. The molecule has 2 nitrogen and oxygen atoms in total. The molecule has 3 rings (SSSR count). The van der Waals surface area contributed by atoms with Gasteiger partial charge < -0.3 is 0 Å². The lowest BCUT2D eigenvalue weighted by Gasteiger charge is -2.48. The molecule has 1 saturated heterocycles. The molecular formula is C26H33N2. The molecule has 1 fully saturated rings. The van der Waals surface area contributed by atoms with E-state index in [0.29, 0.717) is 18.4 Å². The van der Waals surface area contributed by atoms with E-state index < -0.39 is 0 Å². The van der Waals surface area contributed by atoms with Crippen molar-refractivity contribution in [2.24, 2.45) is 11.3 Å². The summed E-state index contributed by atoms with van der Waals surface area (Å²) in [6, 6.07) is 22.5. The first-order valence-corrected chi connectivity index (χ1v) is 10.5. The Hall–Kier alpha value is -2.11. The molecule has 0 saturated carbocycles. The second-order valence-corrected chi connectivity index (χ2v) is 9.13. The van der Waals surface area contributed by atoms with E-state index >= 15 is 0 Å². The van der Waals surface area contributed by atoms with Crippen LogP contribution in [0.5, 0.6) is 0 Å². The molecule has 0 aromatic heterocycles. The van der Waals surface area contributed by atoms with E-state index in [1.807, 2.05) is 0 Å². The zero-order valence-corrected chi connectivity index (χ0v) is 17.6. The second kappa shape index (κ2) is 9.39. The third kappa shape index (κ3) is 5.46. The smallest absolute Gasteiger partial charge is 0.0625 e. The predicted octanol–water partition coefficient (Wildman–Crippen LogP) is 5.83. The van der Waals surface area contributed by atoms with Gasteiger partial charge in [-0.1, -0.05) is 75.4 Å². The van der Waals surface area contributed by atoms with Gasteiger partial charge >= 0.3 is 0 Å². The molecule has 2 atom stereocenters. The molecule has 28 heavy (non-hydrogen) atoms. The van der Waals surface area contributed by atoms with E-state index in [1.54, 1.807) is 0 Å². The highest BCUT2D eigenvalue weighted by Gasteiger charge is 2.39. The quantitative estimate of drug-likeness (QED) is 0.637. The van der Waals surface area contributed by atoms with Gasteiger partial charge in [0.15, 0.2) is 0 Å². The van der Waals surface area contributed by atoms with E-state index in [2.05, 4.69) is 92.8 Å². The molecule has 1 heterocycles. The van der Waals surface area contributed by atoms with Gasteiger partial charge in [-0.2, -0.15) is 5.26 Å². The number of rotatable bonds is 6. The Labute approximate surface area is 171 Å². The normalized spacial score (nSPS) is 20.6. The molecule has 0 unspecified atom stereocenters. The topological polar surface area (TPSA) is 27.0 Å². The molecule has 0 spiro atoms. The summed E-state index contributed by atoms with van der Waals surface area (Å²) < 4.78 is 0. The lowest BCUT2D eigenvalue weighted by molar-refractivity contribution is 0.0339. The number of nitriles is 1. The van der Waals surface area contributed by atoms with Crippen LogP contribution in [0.3, 0.4) is 0 Å². The minimum atomic E-state index is 0.225. The average molecular weight is 374 g/mol. The van der Waals surface area contributed by atoms with E-state index in [4.69, 9.17) is 5.26 Å². The van der Waals surface area contributed by atoms with Crippen LogP contribution < -0.4 is 0 Å². The van der Waals surface area contributed by atoms with Crippen LogP contribution in [0.15, 0.2) is 54.6 Å². The summed E-state index contributed by atoms with van der Waals surface area (Å²) in [4.78, 5) is 2.70. The molecule has 1 aliphatic rings. The first kappa shape index (κ1) is 20.6. The van der Waals surface area contributed by atoms with Crippen molar-refractivity contribution in [3.63, 3.8) is 0 Å². The van der Waals surface area contributed by atoms with E-state index in [9.17, 15) is 0 Å². The Bertz CT molecular complexity index is 765. The minimum Gasteiger partial charge on any atom is -0.295 e. The first-order chi connectivity index (χ1) is 13.5. The van der Waals surface area contributed by atoms with Gasteiger partial charge in [-0.05, 0) is 60.3 Å². The lowest BCUT2D eigenvalue weighted by atomic mass is 9.72. The van der Waals surface area contributed by atoms with Crippen molar-refractivity contribution in [2.75, 3.05) is 6.54 Å². The third-order valence-electron chi connectivity index (χ3n) is 5.82. The Kier molecular flexibility index (Phi) is 6.92. The number of hydrogen-bond donors (Lipinski definition) is 0. The monoisotopic (exact) mass is 373 g/mol. The zero-order chi connectivity index (χ0) is 20.0. The zero-order valence-electron chi connectivity index (χ0n) is 17.6. The summed E-state index contributed by atoms with van der Waals surface area (Å²) in [5, 5.41) is 8.78. The van der Waals surface area contributed by atoms with Crippen LogP contribution in [0.2, 0.25) is 0 Å². The summed E-state index contributed by atoms with van der Waals surface area (Å²) >= 11 is 0. The average Bonchev–Trinajstić information content (AvgIpc) is 2.67. The van der Waals surface area contributed by atoms with Gasteiger partial charge in [-0.25, -0.2) is 0 Å². The fourth-order valence-corrected chi connectivity index (χ4v) is 4.69. The molecule has 0 bridgehead atoms. The fraction of sp³-hybridized carbons (Fsp3) is 0.462. The molecule has 0 aliphatic carbocycles. The van der Waals surface area contributed by atoms with Crippen LogP contribution in [-0.2, 0) is 19.4 Å². The number of hydrogen-bond acceptors (Lipinski definition) is 2. The standard InChI is InChI=1S/C26H33N2/c1-26(2,3)25-24(19-22-15-13-21(14-16-22)11-7-17-27)12-8-18-28(25)20-23-9-5-4-6-10-23/h4-6,9-10,12-16,24-25H,7-8,11,18-20H2,1-3H3/t24-,25+/m1/s1. The fourth-order valence-electron chi connectivity index (χ4n) is 4.69. The third-order valence-corrected chi connectivity index (χ3v) is 5.82. The van der Waals surface area contributed by atoms with Gasteiger partial charge in [0, 0.05) is 19.0 Å². The molecule has 1 aliphatic heterocycles. The Morgan fingerprint density at radius 2 is 1.64 bits per heavy atom. The number of aryl methyl sites for hydroxylation is 1. The molecule has 2 aromatic rings. The van der Waals surface area contributed by atoms with Crippen LogP contribution in [0.25, 0.3) is 0 Å². The van der Waals surface area contributed by atoms with E-state index in [0.717, 1.165) is 32.4 Å². The summed E-state index contributed by atoms with van der Waals surface area (Å²) in [5.41, 5.74) is 4.29. The summed E-state index contributed by atoms with van der Waals surface area (Å²) in [6.07, 6.45) is 6.25. The van der Waals surface area contributed by atoms with Gasteiger partial charge in [0.1, 0.15) is 0 Å². The van der Waals surface area contributed by atoms with Crippen molar-refractivity contribution in [3.8, 4) is 6.07 Å². The van der Waals surface area contributed by atoms with Crippen LogP contribution in [-0.4, -0.2) is 17.5 Å². The van der Waals surface area contributed by atoms with Gasteiger partial charge in [-0.3, -0.25) is 4.90 Å². The highest BCUT2D eigenvalue weighted by atomic mass is 15.2. The molecule has 0 amide bonds. The van der Waals surface area contributed by atoms with Crippen molar-refractivity contribution in [3.05, 3.63) is 77.7 Å². The molecule has 2 heteroatoms. The molecule has 147 valence electrons. The lowest BCUT2D eigenvalue weighted by Crippen LogP contribution is -2.52. The maximum atomic E-state index is 8.78. The maximum absolute atomic E-state index is 8.78. The van der Waals surface area contributed by atoms with Crippen LogP contribution in [0.4, 0.5) is 0 Å². The Morgan fingerprint density at radius 3 is 2.29 bits per heavy atom. The minimum absolute atomic E-state index is 0.225. The van der Waals surface area contributed by atoms with Crippen molar-refractivity contribution in [1.29, 1.82) is 5.26 Å². The number of likely N-dealkylation sites (tertiary alicyclic amines) is 1. The molecule has 2 aromatic carbocycles. The predicted molar refractivity (Wildman–Crippen MR) is 117 cm³/mol. The van der Waals surface area contributed by atoms with E-state index in [-0.39, 0.29) is 5.41 Å². The Balaban J connectivity index is 1.74. The number of benzene rings is 2. The van der Waals surface area contributed by atoms with Crippen LogP contribution in [0, 0.1) is 29.1 Å². The first-order valence-electron chi connectivity index (χ1n) is 10.5. The molecule has 0 N–H and O–H groups in total. The van der Waals surface area contributed by atoms with Gasteiger partial charge in [-0.15, -0.1) is 0 Å². The van der Waals surface area contributed by atoms with Gasteiger partial charge in [0.2, 0.25) is 0 Å². The Morgan fingerprint density at radius 1 is 0.964 bits per heavy atom. The van der Waals surface area contributed by atoms with Crippen molar-refractivity contribution >= 4 is 0 Å². The second-order valence-electron chi connectivity index (χ2n) is 9.13. The SMILES string of the molecule is CC(C)(C)[C@@H]1[C@@H](Cc2ccc(CCC#N)cc2)[CH]CCN1Cc1ccccc1.